The molecule has 0 saturated carbocycles. The van der Waals surface area contributed by atoms with Gasteiger partial charge in [0.2, 0.25) is 0 Å². The molecule has 5 nitrogen and oxygen atoms in total. The van der Waals surface area contributed by atoms with Gasteiger partial charge in [0.25, 0.3) is 5.91 Å². The molecule has 0 aliphatic carbocycles. The van der Waals surface area contributed by atoms with Gasteiger partial charge in [-0.15, -0.1) is 0 Å². The molecule has 1 aromatic rings. The third-order valence-corrected chi connectivity index (χ3v) is 5.43. The molecular weight excluding hydrogens is 375 g/mol. The summed E-state index contributed by atoms with van der Waals surface area (Å²) in [5.74, 6) is -1.03. The van der Waals surface area contributed by atoms with Crippen molar-refractivity contribution in [2.75, 3.05) is 0 Å². The van der Waals surface area contributed by atoms with Gasteiger partial charge in [0, 0.05) is 18.3 Å². The normalized spacial score (nSPS) is 22.2. The highest BCUT2D eigenvalue weighted by atomic mass is 35.5. The second-order valence-electron chi connectivity index (χ2n) is 6.00. The van der Waals surface area contributed by atoms with E-state index in [1.54, 1.807) is 11.8 Å². The Bertz CT molecular complexity index is 644. The number of nitrogens with zero attached hydrogens (tertiary/aromatic N) is 2. The number of rotatable bonds is 3. The maximum atomic E-state index is 12.6. The van der Waals surface area contributed by atoms with Crippen LogP contribution in [0.5, 0.6) is 0 Å². The molecule has 0 N–H and O–H groups in total. The standard InChI is InChI=1S/C16H19Cl3N2O3/c1-8-5-4-6-9(2)21(8)15(22)10(3)24-16(23)14-13(19)12(18)11(17)7-20-14/h7-10H,4-6H2,1-3H3/t8-,9-,10-/m1/s1. The summed E-state index contributed by atoms with van der Waals surface area (Å²) in [6.07, 6.45) is 3.25. The number of piperidine rings is 1. The second kappa shape index (κ2) is 7.89. The first kappa shape index (κ1) is 19.3. The third-order valence-electron chi connectivity index (χ3n) is 4.19. The lowest BCUT2D eigenvalue weighted by Crippen LogP contribution is -2.51. The fraction of sp³-hybridized carbons (Fsp3) is 0.562. The van der Waals surface area contributed by atoms with E-state index < -0.39 is 12.1 Å². The number of carbonyl (C=O) groups is 2. The fourth-order valence-electron chi connectivity index (χ4n) is 2.92. The lowest BCUT2D eigenvalue weighted by molar-refractivity contribution is -0.146. The van der Waals surface area contributed by atoms with Crippen molar-refractivity contribution in [2.45, 2.75) is 58.2 Å². The monoisotopic (exact) mass is 392 g/mol. The summed E-state index contributed by atoms with van der Waals surface area (Å²) in [6, 6.07) is 0.239. The lowest BCUT2D eigenvalue weighted by Gasteiger charge is -2.40. The highest BCUT2D eigenvalue weighted by Gasteiger charge is 2.33. The van der Waals surface area contributed by atoms with E-state index in [-0.39, 0.29) is 38.8 Å². The minimum absolute atomic E-state index is 0.0255. The number of hydrogen-bond acceptors (Lipinski definition) is 4. The number of ether oxygens (including phenoxy) is 1. The SMILES string of the molecule is C[C@@H]1CCC[C@@H](C)N1C(=O)[C@@H](C)OC(=O)c1ncc(Cl)c(Cl)c1Cl. The molecule has 0 bridgehead atoms. The molecule has 0 spiro atoms. The predicted molar refractivity (Wildman–Crippen MR) is 93.8 cm³/mol. The van der Waals surface area contributed by atoms with Gasteiger partial charge >= 0.3 is 5.97 Å². The second-order valence-corrected chi connectivity index (χ2v) is 7.17. The van der Waals surface area contributed by atoms with E-state index in [0.29, 0.717) is 0 Å². The van der Waals surface area contributed by atoms with Crippen LogP contribution in [0.2, 0.25) is 15.1 Å². The Morgan fingerprint density at radius 1 is 1.21 bits per heavy atom. The zero-order valence-corrected chi connectivity index (χ0v) is 16.0. The number of aromatic nitrogens is 1. The molecule has 0 aromatic carbocycles. The van der Waals surface area contributed by atoms with Crippen LogP contribution in [0.15, 0.2) is 6.20 Å². The molecule has 0 unspecified atom stereocenters. The van der Waals surface area contributed by atoms with Crippen molar-refractivity contribution >= 4 is 46.7 Å². The molecule has 1 amide bonds. The highest BCUT2D eigenvalue weighted by molar-refractivity contribution is 6.48. The first-order chi connectivity index (χ1) is 11.2. The molecule has 1 aromatic heterocycles. The number of likely N-dealkylation sites (tertiary alicyclic amines) is 1. The molecule has 132 valence electrons. The van der Waals surface area contributed by atoms with Crippen molar-refractivity contribution in [3.05, 3.63) is 27.0 Å². The first-order valence-corrected chi connectivity index (χ1v) is 8.90. The van der Waals surface area contributed by atoms with Crippen molar-refractivity contribution in [2.24, 2.45) is 0 Å². The van der Waals surface area contributed by atoms with Crippen LogP contribution in [0.1, 0.15) is 50.5 Å². The van der Waals surface area contributed by atoms with Crippen LogP contribution >= 0.6 is 34.8 Å². The van der Waals surface area contributed by atoms with Gasteiger partial charge in [-0.1, -0.05) is 34.8 Å². The third kappa shape index (κ3) is 3.95. The molecule has 2 heterocycles. The van der Waals surface area contributed by atoms with Crippen LogP contribution in [-0.4, -0.2) is 39.9 Å². The van der Waals surface area contributed by atoms with Crippen LogP contribution in [0.3, 0.4) is 0 Å². The minimum atomic E-state index is -0.937. The van der Waals surface area contributed by atoms with Gasteiger partial charge in [0.05, 0.1) is 15.1 Å². The number of amides is 1. The molecule has 1 aliphatic rings. The molecule has 3 atom stereocenters. The van der Waals surface area contributed by atoms with Gasteiger partial charge in [-0.3, -0.25) is 4.79 Å². The topological polar surface area (TPSA) is 59.5 Å². The Labute approximate surface area is 156 Å². The average molecular weight is 394 g/mol. The van der Waals surface area contributed by atoms with Crippen LogP contribution in [0.4, 0.5) is 0 Å². The fourth-order valence-corrected chi connectivity index (χ4v) is 3.48. The van der Waals surface area contributed by atoms with Crippen molar-refractivity contribution in [1.29, 1.82) is 0 Å². The predicted octanol–water partition coefficient (Wildman–Crippen LogP) is 4.38. The van der Waals surface area contributed by atoms with E-state index in [9.17, 15) is 9.59 Å². The summed E-state index contributed by atoms with van der Waals surface area (Å²) in [7, 11) is 0. The number of carbonyl (C=O) groups excluding carboxylic acids is 2. The molecular formula is C16H19Cl3N2O3. The van der Waals surface area contributed by atoms with Crippen LogP contribution in [0, 0.1) is 0 Å². The summed E-state index contributed by atoms with van der Waals surface area (Å²) in [5, 5.41) is 0.0735. The number of halogens is 3. The zero-order chi connectivity index (χ0) is 18.0. The van der Waals surface area contributed by atoms with Gasteiger partial charge in [0.1, 0.15) is 0 Å². The van der Waals surface area contributed by atoms with E-state index >= 15 is 0 Å². The van der Waals surface area contributed by atoms with Crippen molar-refractivity contribution in [3.63, 3.8) is 0 Å². The zero-order valence-electron chi connectivity index (χ0n) is 13.7. The van der Waals surface area contributed by atoms with E-state index in [1.807, 2.05) is 13.8 Å². The van der Waals surface area contributed by atoms with Crippen LogP contribution < -0.4 is 0 Å². The van der Waals surface area contributed by atoms with Gasteiger partial charge in [-0.05, 0) is 40.0 Å². The Balaban J connectivity index is 2.11. The first-order valence-electron chi connectivity index (χ1n) is 7.76. The molecule has 2 rings (SSSR count). The molecule has 1 aliphatic heterocycles. The largest absolute Gasteiger partial charge is 0.448 e. The van der Waals surface area contributed by atoms with Crippen molar-refractivity contribution < 1.29 is 14.3 Å². The Hall–Kier alpha value is -1.04. The lowest BCUT2D eigenvalue weighted by atomic mass is 9.97. The molecule has 24 heavy (non-hydrogen) atoms. The number of esters is 1. The van der Waals surface area contributed by atoms with Gasteiger partial charge < -0.3 is 9.64 Å². The maximum absolute atomic E-state index is 12.6. The number of hydrogen-bond donors (Lipinski definition) is 0. The van der Waals surface area contributed by atoms with E-state index in [1.165, 1.54) is 6.20 Å². The van der Waals surface area contributed by atoms with Gasteiger partial charge in [0.15, 0.2) is 11.8 Å². The molecule has 1 fully saturated rings. The van der Waals surface area contributed by atoms with Crippen molar-refractivity contribution in [3.8, 4) is 0 Å². The Morgan fingerprint density at radius 3 is 2.38 bits per heavy atom. The highest BCUT2D eigenvalue weighted by Crippen LogP contribution is 2.31. The van der Waals surface area contributed by atoms with Gasteiger partial charge in [-0.25, -0.2) is 9.78 Å². The summed E-state index contributed by atoms with van der Waals surface area (Å²) >= 11 is 17.7. The summed E-state index contributed by atoms with van der Waals surface area (Å²) in [4.78, 5) is 30.5. The van der Waals surface area contributed by atoms with E-state index in [2.05, 4.69) is 4.98 Å². The summed E-state index contributed by atoms with van der Waals surface area (Å²) in [5.41, 5.74) is -0.162. The average Bonchev–Trinajstić information content (AvgIpc) is 2.52. The van der Waals surface area contributed by atoms with Crippen LogP contribution in [0.25, 0.3) is 0 Å². The van der Waals surface area contributed by atoms with E-state index in [0.717, 1.165) is 19.3 Å². The summed E-state index contributed by atoms with van der Waals surface area (Å²) < 4.78 is 5.24. The summed E-state index contributed by atoms with van der Waals surface area (Å²) in [6.45, 7) is 5.54. The van der Waals surface area contributed by atoms with Crippen molar-refractivity contribution in [1.82, 2.24) is 9.88 Å². The molecule has 8 heteroatoms. The molecule has 1 saturated heterocycles. The van der Waals surface area contributed by atoms with Gasteiger partial charge in [-0.2, -0.15) is 0 Å². The molecule has 0 radical (unpaired) electrons. The minimum Gasteiger partial charge on any atom is -0.448 e. The quantitative estimate of drug-likeness (QED) is 0.715. The number of pyridine rings is 1. The Morgan fingerprint density at radius 2 is 1.79 bits per heavy atom. The van der Waals surface area contributed by atoms with E-state index in [4.69, 9.17) is 39.5 Å². The smallest absolute Gasteiger partial charge is 0.359 e. The maximum Gasteiger partial charge on any atom is 0.359 e. The van der Waals surface area contributed by atoms with Crippen LogP contribution in [-0.2, 0) is 9.53 Å². The Kier molecular flexibility index (Phi) is 6.34.